The van der Waals surface area contributed by atoms with Crippen molar-refractivity contribution in [2.24, 2.45) is 0 Å². The number of piperazine rings is 1. The molecule has 1 aliphatic rings. The average Bonchev–Trinajstić information content (AvgIpc) is 2.37. The second-order valence-corrected chi connectivity index (χ2v) is 5.69. The van der Waals surface area contributed by atoms with Gasteiger partial charge in [0, 0.05) is 36.6 Å². The van der Waals surface area contributed by atoms with E-state index in [1.807, 2.05) is 17.0 Å². The van der Waals surface area contributed by atoms with Gasteiger partial charge in [0.05, 0.1) is 0 Å². The largest absolute Gasteiger partial charge is 0.337 e. The molecule has 3 nitrogen and oxygen atoms in total. The zero-order valence-corrected chi connectivity index (χ0v) is 13.5. The van der Waals surface area contributed by atoms with E-state index in [1.165, 1.54) is 5.56 Å². The van der Waals surface area contributed by atoms with Crippen molar-refractivity contribution in [1.29, 1.82) is 0 Å². The first kappa shape index (κ1) is 16.5. The monoisotopic (exact) mass is 346 g/mol. The predicted octanol–water partition coefficient (Wildman–Crippen LogP) is 2.62. The smallest absolute Gasteiger partial charge is 0.223 e. The van der Waals surface area contributed by atoms with Gasteiger partial charge in [0.1, 0.15) is 0 Å². The number of nitrogens with zero attached hydrogens (tertiary/aromatic N) is 1. The maximum Gasteiger partial charge on any atom is 0.223 e. The van der Waals surface area contributed by atoms with Crippen molar-refractivity contribution < 1.29 is 4.79 Å². The van der Waals surface area contributed by atoms with Gasteiger partial charge in [0.25, 0.3) is 0 Å². The molecule has 0 spiro atoms. The molecule has 0 bridgehead atoms. The summed E-state index contributed by atoms with van der Waals surface area (Å²) in [7, 11) is 0. The van der Waals surface area contributed by atoms with Crippen LogP contribution in [0.1, 0.15) is 18.9 Å². The van der Waals surface area contributed by atoms with Crippen LogP contribution in [0.25, 0.3) is 0 Å². The molecule has 1 N–H and O–H groups in total. The Morgan fingerprint density at radius 1 is 1.53 bits per heavy atom. The van der Waals surface area contributed by atoms with E-state index in [1.54, 1.807) is 0 Å². The summed E-state index contributed by atoms with van der Waals surface area (Å²) in [6, 6.07) is 8.48. The minimum Gasteiger partial charge on any atom is -0.337 e. The minimum absolute atomic E-state index is 0. The topological polar surface area (TPSA) is 32.3 Å². The van der Waals surface area contributed by atoms with Gasteiger partial charge in [-0.2, -0.15) is 0 Å². The molecule has 1 amide bonds. The van der Waals surface area contributed by atoms with Crippen molar-refractivity contribution in [3.8, 4) is 0 Å². The molecule has 0 aromatic heterocycles. The molecule has 0 saturated carbocycles. The van der Waals surface area contributed by atoms with E-state index >= 15 is 0 Å². The minimum atomic E-state index is 0. The number of nitrogens with one attached hydrogen (secondary N) is 1. The number of hydrogen-bond acceptors (Lipinski definition) is 2. The van der Waals surface area contributed by atoms with E-state index in [0.29, 0.717) is 12.5 Å². The second kappa shape index (κ2) is 7.88. The molecular formula is C14H20BrClN2O. The summed E-state index contributed by atoms with van der Waals surface area (Å²) in [5.74, 6) is 0.268. The van der Waals surface area contributed by atoms with E-state index in [2.05, 4.69) is 40.3 Å². The summed E-state index contributed by atoms with van der Waals surface area (Å²) in [5.41, 5.74) is 1.21. The van der Waals surface area contributed by atoms with Gasteiger partial charge < -0.3 is 10.2 Å². The Kier molecular flexibility index (Phi) is 6.83. The van der Waals surface area contributed by atoms with Crippen molar-refractivity contribution in [1.82, 2.24) is 10.2 Å². The third-order valence-electron chi connectivity index (χ3n) is 3.34. The lowest BCUT2D eigenvalue weighted by atomic mass is 10.1. The number of halogens is 2. The summed E-state index contributed by atoms with van der Waals surface area (Å²) >= 11 is 3.45. The van der Waals surface area contributed by atoms with Crippen LogP contribution in [-0.4, -0.2) is 36.5 Å². The molecule has 5 heteroatoms. The van der Waals surface area contributed by atoms with Crippen LogP contribution >= 0.6 is 28.3 Å². The summed E-state index contributed by atoms with van der Waals surface area (Å²) < 4.78 is 1.07. The van der Waals surface area contributed by atoms with Gasteiger partial charge in [0.2, 0.25) is 5.91 Å². The quantitative estimate of drug-likeness (QED) is 0.911. The van der Waals surface area contributed by atoms with Gasteiger partial charge in [-0.05, 0) is 31.0 Å². The number of hydrogen-bond donors (Lipinski definition) is 1. The van der Waals surface area contributed by atoms with E-state index in [9.17, 15) is 4.79 Å². The van der Waals surface area contributed by atoms with Gasteiger partial charge in [-0.15, -0.1) is 12.4 Å². The Balaban J connectivity index is 0.00000180. The van der Waals surface area contributed by atoms with E-state index in [4.69, 9.17) is 0 Å². The van der Waals surface area contributed by atoms with Gasteiger partial charge in [-0.1, -0.05) is 28.1 Å². The Morgan fingerprint density at radius 2 is 2.32 bits per heavy atom. The van der Waals surface area contributed by atoms with Crippen molar-refractivity contribution in [2.45, 2.75) is 25.8 Å². The standard InChI is InChI=1S/C14H19BrN2O.ClH/c1-11-10-16-7-8-17(11)14(18)6-5-12-3-2-4-13(15)9-12;/h2-4,9,11,16H,5-8,10H2,1H3;1H/t11-;/m0./s1. The van der Waals surface area contributed by atoms with E-state index in [0.717, 1.165) is 30.5 Å². The lowest BCUT2D eigenvalue weighted by Crippen LogP contribution is -2.52. The van der Waals surface area contributed by atoms with Crippen molar-refractivity contribution in [3.05, 3.63) is 34.3 Å². The van der Waals surface area contributed by atoms with E-state index in [-0.39, 0.29) is 18.3 Å². The third-order valence-corrected chi connectivity index (χ3v) is 3.83. The number of rotatable bonds is 3. The van der Waals surface area contributed by atoms with Crippen LogP contribution in [-0.2, 0) is 11.2 Å². The maximum atomic E-state index is 12.2. The molecule has 1 atom stereocenters. The second-order valence-electron chi connectivity index (χ2n) is 4.77. The van der Waals surface area contributed by atoms with Crippen molar-refractivity contribution in [2.75, 3.05) is 19.6 Å². The molecule has 1 aromatic carbocycles. The molecular weight excluding hydrogens is 328 g/mol. The molecule has 2 rings (SSSR count). The highest BCUT2D eigenvalue weighted by Gasteiger charge is 2.22. The average molecular weight is 348 g/mol. The molecule has 19 heavy (non-hydrogen) atoms. The normalized spacial score (nSPS) is 18.8. The Bertz CT molecular complexity index is 428. The Morgan fingerprint density at radius 3 is 3.00 bits per heavy atom. The molecule has 0 unspecified atom stereocenters. The molecule has 106 valence electrons. The van der Waals surface area contributed by atoms with Crippen LogP contribution in [0.4, 0.5) is 0 Å². The molecule has 1 fully saturated rings. The van der Waals surface area contributed by atoms with Gasteiger partial charge in [-0.3, -0.25) is 4.79 Å². The highest BCUT2D eigenvalue weighted by Crippen LogP contribution is 2.14. The van der Waals surface area contributed by atoms with Crippen LogP contribution < -0.4 is 5.32 Å². The molecule has 1 saturated heterocycles. The number of carbonyl (C=O) groups excluding carboxylic acids is 1. The zero-order chi connectivity index (χ0) is 13.0. The SMILES string of the molecule is C[C@H]1CNCCN1C(=O)CCc1cccc(Br)c1.Cl. The Hall–Kier alpha value is -0.580. The fourth-order valence-corrected chi connectivity index (χ4v) is 2.75. The van der Waals surface area contributed by atoms with Crippen molar-refractivity contribution >= 4 is 34.2 Å². The van der Waals surface area contributed by atoms with Crippen LogP contribution in [0.15, 0.2) is 28.7 Å². The van der Waals surface area contributed by atoms with Gasteiger partial charge >= 0.3 is 0 Å². The van der Waals surface area contributed by atoms with Crippen LogP contribution in [0.5, 0.6) is 0 Å². The van der Waals surface area contributed by atoms with Gasteiger partial charge in [-0.25, -0.2) is 0 Å². The molecule has 1 aromatic rings. The fourth-order valence-electron chi connectivity index (χ4n) is 2.30. The summed E-state index contributed by atoms with van der Waals surface area (Å²) in [6.45, 7) is 4.75. The molecule has 1 aliphatic heterocycles. The number of benzene rings is 1. The summed E-state index contributed by atoms with van der Waals surface area (Å²) in [6.07, 6.45) is 1.41. The highest BCUT2D eigenvalue weighted by molar-refractivity contribution is 9.10. The van der Waals surface area contributed by atoms with E-state index < -0.39 is 0 Å². The first-order valence-electron chi connectivity index (χ1n) is 6.41. The zero-order valence-electron chi connectivity index (χ0n) is 11.1. The fraction of sp³-hybridized carbons (Fsp3) is 0.500. The first-order chi connectivity index (χ1) is 8.66. The molecule has 1 heterocycles. The van der Waals surface area contributed by atoms with Crippen molar-refractivity contribution in [3.63, 3.8) is 0 Å². The lowest BCUT2D eigenvalue weighted by Gasteiger charge is -2.34. The number of carbonyl (C=O) groups is 1. The summed E-state index contributed by atoms with van der Waals surface area (Å²) in [5, 5.41) is 3.30. The highest BCUT2D eigenvalue weighted by atomic mass is 79.9. The lowest BCUT2D eigenvalue weighted by molar-refractivity contribution is -0.133. The third kappa shape index (κ3) is 4.79. The summed E-state index contributed by atoms with van der Waals surface area (Å²) in [4.78, 5) is 14.1. The Labute approximate surface area is 129 Å². The number of amides is 1. The van der Waals surface area contributed by atoms with Crippen LogP contribution in [0.2, 0.25) is 0 Å². The molecule has 0 aliphatic carbocycles. The van der Waals surface area contributed by atoms with Crippen LogP contribution in [0, 0.1) is 0 Å². The van der Waals surface area contributed by atoms with Crippen LogP contribution in [0.3, 0.4) is 0 Å². The first-order valence-corrected chi connectivity index (χ1v) is 7.21. The maximum absolute atomic E-state index is 12.2. The number of aryl methyl sites for hydroxylation is 1. The molecule has 0 radical (unpaired) electrons. The predicted molar refractivity (Wildman–Crippen MR) is 83.8 cm³/mol. The van der Waals surface area contributed by atoms with Gasteiger partial charge in [0.15, 0.2) is 0 Å².